The second-order valence-electron chi connectivity index (χ2n) is 5.39. The van der Waals surface area contributed by atoms with Crippen molar-refractivity contribution < 1.29 is 13.2 Å². The Morgan fingerprint density at radius 3 is 2.74 bits per heavy atom. The zero-order valence-electron chi connectivity index (χ0n) is 13.0. The Balaban J connectivity index is 1.92. The summed E-state index contributed by atoms with van der Waals surface area (Å²) in [6.45, 7) is 0.374. The van der Waals surface area contributed by atoms with E-state index in [0.717, 1.165) is 16.5 Å². The summed E-state index contributed by atoms with van der Waals surface area (Å²) in [5, 5.41) is 1.07. The molecule has 5 nitrogen and oxygen atoms in total. The zero-order chi connectivity index (χ0) is 16.4. The lowest BCUT2D eigenvalue weighted by Gasteiger charge is -2.10. The Morgan fingerprint density at radius 2 is 1.96 bits per heavy atom. The molecule has 0 radical (unpaired) electrons. The molecule has 0 aliphatic carbocycles. The first-order chi connectivity index (χ1) is 11.0. The van der Waals surface area contributed by atoms with Gasteiger partial charge in [-0.15, -0.1) is 0 Å². The van der Waals surface area contributed by atoms with Gasteiger partial charge in [-0.2, -0.15) is 0 Å². The van der Waals surface area contributed by atoms with E-state index in [1.54, 1.807) is 31.4 Å². The molecule has 3 aromatic rings. The van der Waals surface area contributed by atoms with Gasteiger partial charge in [0.1, 0.15) is 0 Å². The highest BCUT2D eigenvalue weighted by atomic mass is 32.2. The Bertz CT molecular complexity index is 945. The van der Waals surface area contributed by atoms with E-state index in [-0.39, 0.29) is 4.90 Å². The van der Waals surface area contributed by atoms with Gasteiger partial charge in [-0.3, -0.25) is 4.72 Å². The standard InChI is InChI=1S/C17H18N2O3S/c1-19-9-8-14-6-7-15(11-17(14)19)18-23(20,21)16-5-3-4-13(10-16)12-22-2/h3-11,18H,12H2,1-2H3. The van der Waals surface area contributed by atoms with Crippen LogP contribution in [0.2, 0.25) is 0 Å². The number of hydrogen-bond acceptors (Lipinski definition) is 3. The Kier molecular flexibility index (Phi) is 4.11. The van der Waals surface area contributed by atoms with Gasteiger partial charge in [0.15, 0.2) is 0 Å². The molecule has 1 N–H and O–H groups in total. The molecule has 23 heavy (non-hydrogen) atoms. The first kappa shape index (κ1) is 15.6. The molecule has 0 aliphatic heterocycles. The fraction of sp³-hybridized carbons (Fsp3) is 0.176. The van der Waals surface area contributed by atoms with Crippen molar-refractivity contribution in [2.24, 2.45) is 7.05 Å². The van der Waals surface area contributed by atoms with E-state index in [4.69, 9.17) is 4.74 Å². The molecule has 1 heterocycles. The molecule has 0 saturated carbocycles. The highest BCUT2D eigenvalue weighted by Crippen LogP contribution is 2.22. The summed E-state index contributed by atoms with van der Waals surface area (Å²) in [5.74, 6) is 0. The number of sulfonamides is 1. The van der Waals surface area contributed by atoms with E-state index < -0.39 is 10.0 Å². The first-order valence-electron chi connectivity index (χ1n) is 7.15. The molecule has 120 valence electrons. The molecule has 1 aromatic heterocycles. The van der Waals surface area contributed by atoms with Crippen molar-refractivity contribution in [1.29, 1.82) is 0 Å². The van der Waals surface area contributed by atoms with Crippen LogP contribution in [0.4, 0.5) is 5.69 Å². The van der Waals surface area contributed by atoms with Crippen LogP contribution in [-0.4, -0.2) is 20.1 Å². The maximum Gasteiger partial charge on any atom is 0.261 e. The maximum atomic E-state index is 12.6. The van der Waals surface area contributed by atoms with Gasteiger partial charge < -0.3 is 9.30 Å². The summed E-state index contributed by atoms with van der Waals surface area (Å²) in [4.78, 5) is 0.221. The minimum Gasteiger partial charge on any atom is -0.380 e. The largest absolute Gasteiger partial charge is 0.380 e. The van der Waals surface area contributed by atoms with E-state index in [2.05, 4.69) is 4.72 Å². The van der Waals surface area contributed by atoms with Crippen LogP contribution < -0.4 is 4.72 Å². The topological polar surface area (TPSA) is 60.3 Å². The molecule has 0 saturated heterocycles. The van der Waals surface area contributed by atoms with Crippen molar-refractivity contribution in [3.63, 3.8) is 0 Å². The van der Waals surface area contributed by atoms with Gasteiger partial charge in [-0.05, 0) is 41.3 Å². The number of rotatable bonds is 5. The van der Waals surface area contributed by atoms with Gasteiger partial charge in [0.05, 0.1) is 17.2 Å². The van der Waals surface area contributed by atoms with Gasteiger partial charge in [0.2, 0.25) is 0 Å². The van der Waals surface area contributed by atoms with Gasteiger partial charge in [0.25, 0.3) is 10.0 Å². The summed E-state index contributed by atoms with van der Waals surface area (Å²) < 4.78 is 34.7. The molecule has 0 aliphatic rings. The minimum absolute atomic E-state index is 0.221. The van der Waals surface area contributed by atoms with Crippen molar-refractivity contribution in [2.75, 3.05) is 11.8 Å². The lowest BCUT2D eigenvalue weighted by atomic mass is 10.2. The number of nitrogens with zero attached hydrogens (tertiary/aromatic N) is 1. The lowest BCUT2D eigenvalue weighted by molar-refractivity contribution is 0.184. The number of aromatic nitrogens is 1. The first-order valence-corrected chi connectivity index (χ1v) is 8.64. The van der Waals surface area contributed by atoms with Crippen molar-refractivity contribution in [1.82, 2.24) is 4.57 Å². The molecule has 3 rings (SSSR count). The van der Waals surface area contributed by atoms with Gasteiger partial charge in [-0.1, -0.05) is 18.2 Å². The Hall–Kier alpha value is -2.31. The molecule has 0 bridgehead atoms. The smallest absolute Gasteiger partial charge is 0.261 e. The number of ether oxygens (including phenoxy) is 1. The number of fused-ring (bicyclic) bond motifs is 1. The van der Waals surface area contributed by atoms with Crippen LogP contribution in [0.15, 0.2) is 59.6 Å². The third kappa shape index (κ3) is 3.23. The lowest BCUT2D eigenvalue weighted by Crippen LogP contribution is -2.13. The normalized spacial score (nSPS) is 11.7. The van der Waals surface area contributed by atoms with Gasteiger partial charge >= 0.3 is 0 Å². The van der Waals surface area contributed by atoms with Crippen LogP contribution >= 0.6 is 0 Å². The number of aryl methyl sites for hydroxylation is 1. The molecule has 0 spiro atoms. The SMILES string of the molecule is COCc1cccc(S(=O)(=O)Nc2ccc3ccn(C)c3c2)c1. The van der Waals surface area contributed by atoms with E-state index in [1.807, 2.05) is 42.1 Å². The fourth-order valence-corrected chi connectivity index (χ4v) is 3.63. The van der Waals surface area contributed by atoms with Crippen LogP contribution in [0.1, 0.15) is 5.56 Å². The van der Waals surface area contributed by atoms with E-state index in [9.17, 15) is 8.42 Å². The molecule has 2 aromatic carbocycles. The molecule has 0 atom stereocenters. The zero-order valence-corrected chi connectivity index (χ0v) is 13.8. The average Bonchev–Trinajstić information content (AvgIpc) is 2.89. The van der Waals surface area contributed by atoms with E-state index in [0.29, 0.717) is 12.3 Å². The molecule has 6 heteroatoms. The van der Waals surface area contributed by atoms with E-state index in [1.165, 1.54) is 0 Å². The maximum absolute atomic E-state index is 12.6. The fourth-order valence-electron chi connectivity index (χ4n) is 2.51. The van der Waals surface area contributed by atoms with Crippen molar-refractivity contribution in [3.8, 4) is 0 Å². The second-order valence-corrected chi connectivity index (χ2v) is 7.07. The molecular weight excluding hydrogens is 312 g/mol. The van der Waals surface area contributed by atoms with Gasteiger partial charge in [0, 0.05) is 25.9 Å². The Labute approximate surface area is 135 Å². The summed E-state index contributed by atoms with van der Waals surface area (Å²) in [7, 11) is -0.130. The van der Waals surface area contributed by atoms with Crippen molar-refractivity contribution >= 4 is 26.6 Å². The molecule has 0 unspecified atom stereocenters. The van der Waals surface area contributed by atoms with Crippen LogP contribution in [0, 0.1) is 0 Å². The molecular formula is C17H18N2O3S. The number of hydrogen-bond donors (Lipinski definition) is 1. The second kappa shape index (κ2) is 6.06. The minimum atomic E-state index is -3.63. The predicted molar refractivity (Wildman–Crippen MR) is 90.9 cm³/mol. The van der Waals surface area contributed by atoms with Crippen LogP contribution in [-0.2, 0) is 28.4 Å². The molecule has 0 amide bonds. The third-order valence-corrected chi connectivity index (χ3v) is 5.04. The van der Waals surface area contributed by atoms with Crippen LogP contribution in [0.25, 0.3) is 10.9 Å². The quantitative estimate of drug-likeness (QED) is 0.782. The van der Waals surface area contributed by atoms with Crippen LogP contribution in [0.3, 0.4) is 0 Å². The van der Waals surface area contributed by atoms with E-state index >= 15 is 0 Å². The van der Waals surface area contributed by atoms with Crippen molar-refractivity contribution in [3.05, 3.63) is 60.3 Å². The summed E-state index contributed by atoms with van der Waals surface area (Å²) in [6, 6.07) is 14.2. The average molecular weight is 330 g/mol. The molecule has 0 fully saturated rings. The highest BCUT2D eigenvalue weighted by molar-refractivity contribution is 7.92. The summed E-state index contributed by atoms with van der Waals surface area (Å²) in [6.07, 6.45) is 1.94. The number of methoxy groups -OCH3 is 1. The Morgan fingerprint density at radius 1 is 1.13 bits per heavy atom. The van der Waals surface area contributed by atoms with Crippen LogP contribution in [0.5, 0.6) is 0 Å². The van der Waals surface area contributed by atoms with Gasteiger partial charge in [-0.25, -0.2) is 8.42 Å². The highest BCUT2D eigenvalue weighted by Gasteiger charge is 2.15. The number of nitrogens with one attached hydrogen (secondary N) is 1. The summed E-state index contributed by atoms with van der Waals surface area (Å²) >= 11 is 0. The predicted octanol–water partition coefficient (Wildman–Crippen LogP) is 3.13. The third-order valence-electron chi connectivity index (χ3n) is 3.66. The number of anilines is 1. The van der Waals surface area contributed by atoms with Crippen molar-refractivity contribution in [2.45, 2.75) is 11.5 Å². The summed E-state index contributed by atoms with van der Waals surface area (Å²) in [5.41, 5.74) is 2.32. The monoisotopic (exact) mass is 330 g/mol. The number of benzene rings is 2.